The van der Waals surface area contributed by atoms with E-state index < -0.39 is 0 Å². The highest BCUT2D eigenvalue weighted by Gasteiger charge is 2.00. The first-order valence-corrected chi connectivity index (χ1v) is 6.43. The third-order valence-electron chi connectivity index (χ3n) is 2.88. The van der Waals surface area contributed by atoms with Crippen molar-refractivity contribution in [3.63, 3.8) is 0 Å². The van der Waals surface area contributed by atoms with Gasteiger partial charge in [0.15, 0.2) is 0 Å². The molecular formula is C15H16ClNO2. The van der Waals surface area contributed by atoms with Crippen LogP contribution in [0, 0.1) is 0 Å². The van der Waals surface area contributed by atoms with E-state index in [1.807, 2.05) is 30.3 Å². The number of hydrogen-bond donors (Lipinski definition) is 3. The van der Waals surface area contributed by atoms with Crippen molar-refractivity contribution in [2.45, 2.75) is 19.7 Å². The molecule has 2 rings (SSSR count). The van der Waals surface area contributed by atoms with Crippen LogP contribution in [0.1, 0.15) is 16.7 Å². The quantitative estimate of drug-likeness (QED) is 0.788. The minimum absolute atomic E-state index is 0.0692. The number of phenolic OH excluding ortho intramolecular Hbond substituents is 1. The zero-order chi connectivity index (χ0) is 13.7. The molecule has 0 atom stereocenters. The molecule has 19 heavy (non-hydrogen) atoms. The van der Waals surface area contributed by atoms with Crippen molar-refractivity contribution in [1.82, 2.24) is 5.32 Å². The first kappa shape index (κ1) is 13.9. The van der Waals surface area contributed by atoms with Gasteiger partial charge in [-0.2, -0.15) is 0 Å². The average Bonchev–Trinajstić information content (AvgIpc) is 2.43. The SMILES string of the molecule is OCc1ccc(CNCc2ccc(O)c(Cl)c2)cc1. The van der Waals surface area contributed by atoms with Gasteiger partial charge in [-0.15, -0.1) is 0 Å². The highest BCUT2D eigenvalue weighted by Crippen LogP contribution is 2.23. The van der Waals surface area contributed by atoms with Gasteiger partial charge in [0.2, 0.25) is 0 Å². The molecule has 0 amide bonds. The van der Waals surface area contributed by atoms with Crippen molar-refractivity contribution < 1.29 is 10.2 Å². The standard InChI is InChI=1S/C15H16ClNO2/c16-14-7-13(5-6-15(14)19)9-17-8-11-1-3-12(10-18)4-2-11/h1-7,17-19H,8-10H2. The van der Waals surface area contributed by atoms with Gasteiger partial charge in [-0.25, -0.2) is 0 Å². The summed E-state index contributed by atoms with van der Waals surface area (Å²) in [7, 11) is 0. The molecule has 0 aliphatic heterocycles. The zero-order valence-corrected chi connectivity index (χ0v) is 11.2. The average molecular weight is 278 g/mol. The van der Waals surface area contributed by atoms with Crippen LogP contribution in [0.25, 0.3) is 0 Å². The molecular weight excluding hydrogens is 262 g/mol. The zero-order valence-electron chi connectivity index (χ0n) is 10.4. The minimum Gasteiger partial charge on any atom is -0.506 e. The van der Waals surface area contributed by atoms with E-state index in [9.17, 15) is 5.11 Å². The van der Waals surface area contributed by atoms with E-state index in [1.54, 1.807) is 12.1 Å². The second-order valence-electron chi connectivity index (χ2n) is 4.36. The summed E-state index contributed by atoms with van der Waals surface area (Å²) in [6.45, 7) is 1.49. The Kier molecular flexibility index (Phi) is 4.80. The van der Waals surface area contributed by atoms with Crippen molar-refractivity contribution >= 4 is 11.6 Å². The number of rotatable bonds is 5. The molecule has 0 aliphatic rings. The summed E-state index contributed by atoms with van der Waals surface area (Å²) in [6.07, 6.45) is 0. The number of nitrogens with one attached hydrogen (secondary N) is 1. The number of halogens is 1. The van der Waals surface area contributed by atoms with Gasteiger partial charge < -0.3 is 15.5 Å². The summed E-state index contributed by atoms with van der Waals surface area (Å²) in [5.74, 6) is 0.102. The fourth-order valence-electron chi connectivity index (χ4n) is 1.77. The van der Waals surface area contributed by atoms with E-state index in [-0.39, 0.29) is 12.4 Å². The maximum absolute atomic E-state index is 9.32. The van der Waals surface area contributed by atoms with Gasteiger partial charge in [0.05, 0.1) is 11.6 Å². The van der Waals surface area contributed by atoms with Crippen LogP contribution in [0.5, 0.6) is 5.75 Å². The summed E-state index contributed by atoms with van der Waals surface area (Å²) >= 11 is 5.84. The third-order valence-corrected chi connectivity index (χ3v) is 3.18. The van der Waals surface area contributed by atoms with Crippen molar-refractivity contribution in [1.29, 1.82) is 0 Å². The molecule has 0 saturated heterocycles. The number of aliphatic hydroxyl groups excluding tert-OH is 1. The first-order chi connectivity index (χ1) is 9.19. The second kappa shape index (κ2) is 6.57. The lowest BCUT2D eigenvalue weighted by molar-refractivity contribution is 0.282. The van der Waals surface area contributed by atoms with Gasteiger partial charge in [-0.05, 0) is 28.8 Å². The molecule has 0 spiro atoms. The molecule has 0 aliphatic carbocycles. The van der Waals surface area contributed by atoms with E-state index in [4.69, 9.17) is 16.7 Å². The summed E-state index contributed by atoms with van der Waals surface area (Å²) in [6, 6.07) is 13.0. The highest BCUT2D eigenvalue weighted by atomic mass is 35.5. The molecule has 3 nitrogen and oxygen atoms in total. The highest BCUT2D eigenvalue weighted by molar-refractivity contribution is 6.32. The molecule has 0 radical (unpaired) electrons. The van der Waals surface area contributed by atoms with Crippen LogP contribution in [0.3, 0.4) is 0 Å². The Balaban J connectivity index is 1.86. The summed E-state index contributed by atoms with van der Waals surface area (Å²) in [5.41, 5.74) is 3.09. The van der Waals surface area contributed by atoms with E-state index >= 15 is 0 Å². The van der Waals surface area contributed by atoms with Crippen LogP contribution in [0.4, 0.5) is 0 Å². The van der Waals surface area contributed by atoms with Crippen LogP contribution in [0.2, 0.25) is 5.02 Å². The fraction of sp³-hybridized carbons (Fsp3) is 0.200. The Morgan fingerprint density at radius 2 is 1.47 bits per heavy atom. The largest absolute Gasteiger partial charge is 0.506 e. The van der Waals surface area contributed by atoms with E-state index in [0.29, 0.717) is 11.6 Å². The van der Waals surface area contributed by atoms with Crippen LogP contribution >= 0.6 is 11.6 Å². The van der Waals surface area contributed by atoms with Gasteiger partial charge in [0.1, 0.15) is 5.75 Å². The molecule has 0 fully saturated rings. The molecule has 0 unspecified atom stereocenters. The fourth-order valence-corrected chi connectivity index (χ4v) is 1.98. The number of hydrogen-bond acceptors (Lipinski definition) is 3. The molecule has 0 aromatic heterocycles. The lowest BCUT2D eigenvalue weighted by atomic mass is 10.1. The van der Waals surface area contributed by atoms with Crippen molar-refractivity contribution in [3.05, 3.63) is 64.2 Å². The van der Waals surface area contributed by atoms with Crippen LogP contribution in [-0.2, 0) is 19.7 Å². The van der Waals surface area contributed by atoms with Crippen LogP contribution < -0.4 is 5.32 Å². The van der Waals surface area contributed by atoms with Gasteiger partial charge in [-0.3, -0.25) is 0 Å². The topological polar surface area (TPSA) is 52.5 Å². The molecule has 2 aromatic carbocycles. The summed E-state index contributed by atoms with van der Waals surface area (Å²) in [4.78, 5) is 0. The lowest BCUT2D eigenvalue weighted by Gasteiger charge is -2.07. The predicted molar refractivity (Wildman–Crippen MR) is 76.0 cm³/mol. The normalized spacial score (nSPS) is 10.6. The first-order valence-electron chi connectivity index (χ1n) is 6.06. The Hall–Kier alpha value is -1.55. The van der Waals surface area contributed by atoms with E-state index in [1.165, 1.54) is 0 Å². The van der Waals surface area contributed by atoms with Crippen molar-refractivity contribution in [3.8, 4) is 5.75 Å². The Bertz CT molecular complexity index is 540. The van der Waals surface area contributed by atoms with Gasteiger partial charge in [0.25, 0.3) is 0 Å². The lowest BCUT2D eigenvalue weighted by Crippen LogP contribution is -2.12. The van der Waals surface area contributed by atoms with E-state index in [0.717, 1.165) is 23.2 Å². The number of phenols is 1. The second-order valence-corrected chi connectivity index (χ2v) is 4.77. The smallest absolute Gasteiger partial charge is 0.134 e. The van der Waals surface area contributed by atoms with Gasteiger partial charge in [-0.1, -0.05) is 41.9 Å². The van der Waals surface area contributed by atoms with Crippen LogP contribution in [-0.4, -0.2) is 10.2 Å². The predicted octanol–water partition coefficient (Wildman–Crippen LogP) is 2.83. The molecule has 0 saturated carbocycles. The Morgan fingerprint density at radius 3 is 2.11 bits per heavy atom. The van der Waals surface area contributed by atoms with Crippen LogP contribution in [0.15, 0.2) is 42.5 Å². The molecule has 3 N–H and O–H groups in total. The monoisotopic (exact) mass is 277 g/mol. The van der Waals surface area contributed by atoms with Crippen molar-refractivity contribution in [2.24, 2.45) is 0 Å². The molecule has 4 heteroatoms. The van der Waals surface area contributed by atoms with Gasteiger partial charge >= 0.3 is 0 Å². The van der Waals surface area contributed by atoms with Gasteiger partial charge in [0, 0.05) is 13.1 Å². The summed E-state index contributed by atoms with van der Waals surface area (Å²) in [5, 5.41) is 21.9. The Morgan fingerprint density at radius 1 is 0.895 bits per heavy atom. The number of benzene rings is 2. The molecule has 0 bridgehead atoms. The minimum atomic E-state index is 0.0692. The van der Waals surface area contributed by atoms with Crippen molar-refractivity contribution in [2.75, 3.05) is 0 Å². The third kappa shape index (κ3) is 3.96. The molecule has 100 valence electrons. The van der Waals surface area contributed by atoms with E-state index in [2.05, 4.69) is 5.32 Å². The molecule has 2 aromatic rings. The Labute approximate surface area is 117 Å². The summed E-state index contributed by atoms with van der Waals surface area (Å²) < 4.78 is 0. The maximum Gasteiger partial charge on any atom is 0.134 e. The molecule has 0 heterocycles. The number of aliphatic hydroxyl groups is 1. The maximum atomic E-state index is 9.32. The number of aromatic hydroxyl groups is 1.